The maximum absolute atomic E-state index is 13.7. The largest absolute Gasteiger partial charge is 0.477 e. The predicted molar refractivity (Wildman–Crippen MR) is 45.7 cm³/mol. The summed E-state index contributed by atoms with van der Waals surface area (Å²) in [5, 5.41) is 8.92. The normalized spacial score (nSPS) is 19.5. The average molecular weight is 201 g/mol. The molecule has 1 aliphatic rings. The van der Waals surface area contributed by atoms with E-state index in [0.717, 1.165) is 17.8 Å². The second kappa shape index (κ2) is 2.77. The summed E-state index contributed by atoms with van der Waals surface area (Å²) in [7, 11) is 0. The quantitative estimate of drug-likeness (QED) is 0.797. The number of hydrogen-bond acceptors (Lipinski definition) is 3. The van der Waals surface area contributed by atoms with Gasteiger partial charge in [0.2, 0.25) is 0 Å². The van der Waals surface area contributed by atoms with Crippen LogP contribution in [0.15, 0.2) is 6.20 Å². The monoisotopic (exact) mass is 201 g/mol. The lowest BCUT2D eigenvalue weighted by Gasteiger charge is -2.31. The van der Waals surface area contributed by atoms with E-state index in [1.54, 1.807) is 0 Å². The minimum Gasteiger partial charge on any atom is -0.477 e. The van der Waals surface area contributed by atoms with E-state index in [4.69, 9.17) is 5.11 Å². The van der Waals surface area contributed by atoms with Gasteiger partial charge in [-0.15, -0.1) is 11.3 Å². The molecule has 0 spiro atoms. The summed E-state index contributed by atoms with van der Waals surface area (Å²) in [4.78, 5) is 14.4. The van der Waals surface area contributed by atoms with Crippen LogP contribution in [0.4, 0.5) is 4.39 Å². The lowest BCUT2D eigenvalue weighted by atomic mass is 9.83. The highest BCUT2D eigenvalue weighted by Gasteiger charge is 2.41. The Morgan fingerprint density at radius 2 is 2.38 bits per heavy atom. The molecule has 0 aromatic carbocycles. The van der Waals surface area contributed by atoms with Crippen LogP contribution in [0.2, 0.25) is 0 Å². The third-order valence-corrected chi connectivity index (χ3v) is 3.41. The number of aromatic carboxylic acids is 1. The van der Waals surface area contributed by atoms with Crippen LogP contribution in [-0.4, -0.2) is 16.1 Å². The van der Waals surface area contributed by atoms with Gasteiger partial charge >= 0.3 is 5.97 Å². The standard InChI is InChI=1S/C8H8FNO2S/c9-8(2-1-3-8)7-10-4-5(13-7)6(11)12/h4H,1-3H2,(H,11,12). The summed E-state index contributed by atoms with van der Waals surface area (Å²) in [6.45, 7) is 0. The molecule has 0 atom stereocenters. The number of carboxylic acids is 1. The summed E-state index contributed by atoms with van der Waals surface area (Å²) < 4.78 is 13.7. The van der Waals surface area contributed by atoms with Crippen molar-refractivity contribution in [2.45, 2.75) is 24.9 Å². The second-order valence-corrected chi connectivity index (χ2v) is 4.18. The van der Waals surface area contributed by atoms with Crippen molar-refractivity contribution in [2.24, 2.45) is 0 Å². The molecule has 3 nitrogen and oxygen atoms in total. The molecule has 0 aliphatic heterocycles. The molecule has 1 aliphatic carbocycles. The first-order valence-electron chi connectivity index (χ1n) is 4.00. The summed E-state index contributed by atoms with van der Waals surface area (Å²) in [5.41, 5.74) is -1.33. The average Bonchev–Trinajstić information content (AvgIpc) is 2.48. The fourth-order valence-corrected chi connectivity index (χ4v) is 2.17. The van der Waals surface area contributed by atoms with Crippen LogP contribution < -0.4 is 0 Å². The highest BCUT2D eigenvalue weighted by atomic mass is 32.1. The van der Waals surface area contributed by atoms with Gasteiger partial charge in [0.15, 0.2) is 5.67 Å². The molecular weight excluding hydrogens is 193 g/mol. The van der Waals surface area contributed by atoms with Gasteiger partial charge in [0.05, 0.1) is 6.20 Å². The highest BCUT2D eigenvalue weighted by molar-refractivity contribution is 7.13. The van der Waals surface area contributed by atoms with Gasteiger partial charge in [-0.25, -0.2) is 14.2 Å². The van der Waals surface area contributed by atoms with Crippen molar-refractivity contribution in [1.82, 2.24) is 4.98 Å². The predicted octanol–water partition coefficient (Wildman–Crippen LogP) is 2.19. The van der Waals surface area contributed by atoms with E-state index in [1.165, 1.54) is 6.20 Å². The molecule has 0 bridgehead atoms. The summed E-state index contributed by atoms with van der Waals surface area (Å²) in [5.74, 6) is -1.04. The molecule has 13 heavy (non-hydrogen) atoms. The number of thiazole rings is 1. The Hall–Kier alpha value is -0.970. The van der Waals surface area contributed by atoms with Crippen LogP contribution in [0, 0.1) is 0 Å². The molecule has 0 radical (unpaired) electrons. The molecule has 1 heterocycles. The van der Waals surface area contributed by atoms with Crippen molar-refractivity contribution < 1.29 is 14.3 Å². The van der Waals surface area contributed by atoms with E-state index in [9.17, 15) is 9.18 Å². The van der Waals surface area contributed by atoms with Crippen molar-refractivity contribution in [3.8, 4) is 0 Å². The molecule has 1 aromatic rings. The van der Waals surface area contributed by atoms with Gasteiger partial charge in [0.1, 0.15) is 9.88 Å². The smallest absolute Gasteiger partial charge is 0.347 e. The molecular formula is C8H8FNO2S. The van der Waals surface area contributed by atoms with Crippen molar-refractivity contribution >= 4 is 17.3 Å². The molecule has 5 heteroatoms. The molecule has 2 rings (SSSR count). The zero-order chi connectivity index (χ0) is 9.47. The number of carbonyl (C=O) groups is 1. The van der Waals surface area contributed by atoms with Crippen LogP contribution in [0.3, 0.4) is 0 Å². The molecule has 70 valence electrons. The highest BCUT2D eigenvalue weighted by Crippen LogP contribution is 2.46. The zero-order valence-electron chi connectivity index (χ0n) is 6.79. The Balaban J connectivity index is 2.27. The van der Waals surface area contributed by atoms with Gasteiger partial charge in [0, 0.05) is 0 Å². The van der Waals surface area contributed by atoms with E-state index in [2.05, 4.69) is 4.98 Å². The fourth-order valence-electron chi connectivity index (χ4n) is 1.28. The van der Waals surface area contributed by atoms with Gasteiger partial charge in [-0.2, -0.15) is 0 Å². The van der Waals surface area contributed by atoms with Gasteiger partial charge in [-0.3, -0.25) is 0 Å². The molecule has 1 N–H and O–H groups in total. The van der Waals surface area contributed by atoms with Crippen LogP contribution in [0.25, 0.3) is 0 Å². The Labute approximate surface area is 78.2 Å². The Morgan fingerprint density at radius 3 is 2.77 bits per heavy atom. The van der Waals surface area contributed by atoms with E-state index < -0.39 is 11.6 Å². The SMILES string of the molecule is O=C(O)c1cnc(C2(F)CCC2)s1. The third-order valence-electron chi connectivity index (χ3n) is 2.25. The van der Waals surface area contributed by atoms with Crippen molar-refractivity contribution in [3.63, 3.8) is 0 Å². The Bertz CT molecular complexity index is 346. The van der Waals surface area contributed by atoms with Crippen LogP contribution >= 0.6 is 11.3 Å². The number of halogens is 1. The number of alkyl halides is 1. The zero-order valence-corrected chi connectivity index (χ0v) is 7.60. The number of rotatable bonds is 2. The molecule has 0 unspecified atom stereocenters. The molecule has 1 aromatic heterocycles. The van der Waals surface area contributed by atoms with Crippen molar-refractivity contribution in [2.75, 3.05) is 0 Å². The van der Waals surface area contributed by atoms with Gasteiger partial charge in [0.25, 0.3) is 0 Å². The van der Waals surface area contributed by atoms with E-state index >= 15 is 0 Å². The lowest BCUT2D eigenvalue weighted by molar-refractivity contribution is 0.0606. The third kappa shape index (κ3) is 1.33. The van der Waals surface area contributed by atoms with E-state index in [-0.39, 0.29) is 4.88 Å². The fraction of sp³-hybridized carbons (Fsp3) is 0.500. The van der Waals surface area contributed by atoms with Crippen LogP contribution in [-0.2, 0) is 5.67 Å². The maximum Gasteiger partial charge on any atom is 0.347 e. The summed E-state index contributed by atoms with van der Waals surface area (Å²) in [6.07, 6.45) is 3.03. The summed E-state index contributed by atoms with van der Waals surface area (Å²) >= 11 is 0.938. The first-order chi connectivity index (χ1) is 6.12. The van der Waals surface area contributed by atoms with Gasteiger partial charge in [-0.05, 0) is 19.3 Å². The topological polar surface area (TPSA) is 50.2 Å². The minimum atomic E-state index is -1.33. The first-order valence-corrected chi connectivity index (χ1v) is 4.82. The van der Waals surface area contributed by atoms with Crippen molar-refractivity contribution in [3.05, 3.63) is 16.1 Å². The van der Waals surface area contributed by atoms with Crippen LogP contribution in [0.1, 0.15) is 33.9 Å². The Morgan fingerprint density at radius 1 is 1.69 bits per heavy atom. The second-order valence-electron chi connectivity index (χ2n) is 3.15. The van der Waals surface area contributed by atoms with E-state index in [1.807, 2.05) is 0 Å². The Kier molecular flexibility index (Phi) is 1.83. The number of aromatic nitrogens is 1. The molecule has 0 saturated heterocycles. The molecule has 1 fully saturated rings. The number of carboxylic acid groups (broad SMARTS) is 1. The van der Waals surface area contributed by atoms with Gasteiger partial charge in [-0.1, -0.05) is 0 Å². The lowest BCUT2D eigenvalue weighted by Crippen LogP contribution is -2.28. The number of nitrogens with zero attached hydrogens (tertiary/aromatic N) is 1. The molecule has 1 saturated carbocycles. The van der Waals surface area contributed by atoms with Gasteiger partial charge < -0.3 is 5.11 Å². The maximum atomic E-state index is 13.7. The van der Waals surface area contributed by atoms with Crippen molar-refractivity contribution in [1.29, 1.82) is 0 Å². The summed E-state index contributed by atoms with van der Waals surface area (Å²) in [6, 6.07) is 0. The first kappa shape index (κ1) is 8.62. The van der Waals surface area contributed by atoms with E-state index in [0.29, 0.717) is 17.8 Å². The molecule has 0 amide bonds. The van der Waals surface area contributed by atoms with Crippen LogP contribution in [0.5, 0.6) is 0 Å². The minimum absolute atomic E-state index is 0.110. The number of hydrogen-bond donors (Lipinski definition) is 1.